The van der Waals surface area contributed by atoms with E-state index < -0.39 is 5.38 Å². The summed E-state index contributed by atoms with van der Waals surface area (Å²) in [5.74, 6) is 0.660. The van der Waals surface area contributed by atoms with Crippen LogP contribution >= 0.6 is 22.9 Å². The summed E-state index contributed by atoms with van der Waals surface area (Å²) in [6, 6.07) is 13.6. The van der Waals surface area contributed by atoms with E-state index in [9.17, 15) is 4.79 Å². The van der Waals surface area contributed by atoms with Crippen molar-refractivity contribution in [2.75, 3.05) is 31.0 Å². The second kappa shape index (κ2) is 6.45. The largest absolute Gasteiger partial charge is 0.497 e. The number of nitrogens with zero attached hydrogens (tertiary/aromatic N) is 3. The van der Waals surface area contributed by atoms with Crippen LogP contribution in [0.3, 0.4) is 0 Å². The van der Waals surface area contributed by atoms with E-state index in [0.717, 1.165) is 27.2 Å². The molecule has 2 aromatic carbocycles. The first-order valence-corrected chi connectivity index (χ1v) is 9.44. The van der Waals surface area contributed by atoms with Crippen LogP contribution in [0.15, 0.2) is 42.5 Å². The molecule has 1 fully saturated rings. The maximum Gasteiger partial charge on any atom is 0.249 e. The van der Waals surface area contributed by atoms with Crippen molar-refractivity contribution in [2.45, 2.75) is 11.4 Å². The quantitative estimate of drug-likeness (QED) is 0.500. The molecule has 3 aromatic rings. The standard InChI is InChI=1S/C19H18ClN3O2S/c1-22(2)12-6-4-11(5-7-12)17-16(20)18(24)23(17)19-21-14-9-8-13(25-3)10-15(14)26-19/h4-10,16-17H,1-3H3. The van der Waals surface area contributed by atoms with Crippen molar-refractivity contribution >= 4 is 49.9 Å². The Morgan fingerprint density at radius 1 is 1.19 bits per heavy atom. The number of fused-ring (bicyclic) bond motifs is 1. The van der Waals surface area contributed by atoms with Crippen molar-refractivity contribution in [1.82, 2.24) is 4.98 Å². The fraction of sp³-hybridized carbons (Fsp3) is 0.263. The molecule has 2 atom stereocenters. The molecule has 1 aromatic heterocycles. The summed E-state index contributed by atoms with van der Waals surface area (Å²) in [4.78, 5) is 20.8. The van der Waals surface area contributed by atoms with E-state index in [2.05, 4.69) is 4.98 Å². The molecule has 134 valence electrons. The van der Waals surface area contributed by atoms with E-state index in [0.29, 0.717) is 5.13 Å². The number of hydrogen-bond donors (Lipinski definition) is 0. The van der Waals surface area contributed by atoms with Gasteiger partial charge in [-0.3, -0.25) is 9.69 Å². The number of amides is 1. The molecule has 5 nitrogen and oxygen atoms in total. The molecule has 0 radical (unpaired) electrons. The average molecular weight is 388 g/mol. The van der Waals surface area contributed by atoms with Crippen LogP contribution in [0, 0.1) is 0 Å². The fourth-order valence-electron chi connectivity index (χ4n) is 3.08. The maximum atomic E-state index is 12.4. The van der Waals surface area contributed by atoms with E-state index in [-0.39, 0.29) is 11.9 Å². The van der Waals surface area contributed by atoms with Crippen LogP contribution in [0.2, 0.25) is 0 Å². The van der Waals surface area contributed by atoms with Crippen LogP contribution in [0.4, 0.5) is 10.8 Å². The second-order valence-electron chi connectivity index (χ2n) is 6.37. The molecule has 2 unspecified atom stereocenters. The number of anilines is 2. The third-order valence-electron chi connectivity index (χ3n) is 4.57. The van der Waals surface area contributed by atoms with Crippen molar-refractivity contribution in [3.63, 3.8) is 0 Å². The van der Waals surface area contributed by atoms with Crippen LogP contribution in [0.25, 0.3) is 10.2 Å². The van der Waals surface area contributed by atoms with E-state index in [1.807, 2.05) is 61.5 Å². The third-order valence-corrected chi connectivity index (χ3v) is 6.01. The Hall–Kier alpha value is -2.31. The lowest BCUT2D eigenvalue weighted by Gasteiger charge is -2.42. The SMILES string of the molecule is COc1ccc2nc(N3C(=O)C(Cl)C3c3ccc(N(C)C)cc3)sc2c1. The number of halogens is 1. The number of benzene rings is 2. The summed E-state index contributed by atoms with van der Waals surface area (Å²) >= 11 is 7.82. The number of thiazole rings is 1. The highest BCUT2D eigenvalue weighted by Gasteiger charge is 2.49. The van der Waals surface area contributed by atoms with Gasteiger partial charge in [-0.15, -0.1) is 11.6 Å². The highest BCUT2D eigenvalue weighted by atomic mass is 35.5. The van der Waals surface area contributed by atoms with Gasteiger partial charge in [0.2, 0.25) is 5.91 Å². The Bertz CT molecular complexity index is 971. The zero-order valence-electron chi connectivity index (χ0n) is 14.6. The highest BCUT2D eigenvalue weighted by Crippen LogP contribution is 2.45. The summed E-state index contributed by atoms with van der Waals surface area (Å²) in [6.07, 6.45) is 0. The van der Waals surface area contributed by atoms with Gasteiger partial charge in [-0.1, -0.05) is 23.5 Å². The molecule has 2 heterocycles. The van der Waals surface area contributed by atoms with Crippen molar-refractivity contribution in [3.8, 4) is 5.75 Å². The molecule has 1 aliphatic rings. The van der Waals surface area contributed by atoms with E-state index in [1.165, 1.54) is 11.3 Å². The fourth-order valence-corrected chi connectivity index (χ4v) is 4.48. The molecule has 1 amide bonds. The Morgan fingerprint density at radius 2 is 1.92 bits per heavy atom. The smallest absolute Gasteiger partial charge is 0.249 e. The van der Waals surface area contributed by atoms with Gasteiger partial charge >= 0.3 is 0 Å². The third kappa shape index (κ3) is 2.70. The van der Waals surface area contributed by atoms with Crippen molar-refractivity contribution < 1.29 is 9.53 Å². The van der Waals surface area contributed by atoms with Crippen LogP contribution in [-0.2, 0) is 4.79 Å². The first-order chi connectivity index (χ1) is 12.5. The van der Waals surface area contributed by atoms with Gasteiger partial charge in [0.25, 0.3) is 0 Å². The second-order valence-corrected chi connectivity index (χ2v) is 7.85. The number of carbonyl (C=O) groups is 1. The molecule has 1 aliphatic heterocycles. The lowest BCUT2D eigenvalue weighted by Crippen LogP contribution is -2.56. The summed E-state index contributed by atoms with van der Waals surface area (Å²) in [5.41, 5.74) is 2.95. The maximum absolute atomic E-state index is 12.4. The predicted molar refractivity (Wildman–Crippen MR) is 107 cm³/mol. The summed E-state index contributed by atoms with van der Waals surface area (Å²) in [7, 11) is 5.62. The first kappa shape index (κ1) is 17.1. The van der Waals surface area contributed by atoms with Gasteiger partial charge in [-0.2, -0.15) is 0 Å². The minimum atomic E-state index is -0.568. The predicted octanol–water partition coefficient (Wildman–Crippen LogP) is 4.07. The molecule has 1 saturated heterocycles. The Kier molecular flexibility index (Phi) is 4.25. The molecule has 26 heavy (non-hydrogen) atoms. The minimum Gasteiger partial charge on any atom is -0.497 e. The van der Waals surface area contributed by atoms with Crippen molar-refractivity contribution in [1.29, 1.82) is 0 Å². The summed E-state index contributed by atoms with van der Waals surface area (Å²) < 4.78 is 6.24. The van der Waals surface area contributed by atoms with Gasteiger partial charge in [-0.05, 0) is 35.9 Å². The van der Waals surface area contributed by atoms with Crippen LogP contribution < -0.4 is 14.5 Å². The number of rotatable bonds is 4. The topological polar surface area (TPSA) is 45.7 Å². The number of aromatic nitrogens is 1. The molecule has 0 bridgehead atoms. The molecule has 0 spiro atoms. The molecular weight excluding hydrogens is 370 g/mol. The van der Waals surface area contributed by atoms with Crippen LogP contribution in [0.1, 0.15) is 11.6 Å². The average Bonchev–Trinajstić information content (AvgIpc) is 3.07. The molecule has 7 heteroatoms. The van der Waals surface area contributed by atoms with Crippen molar-refractivity contribution in [3.05, 3.63) is 48.0 Å². The summed E-state index contributed by atoms with van der Waals surface area (Å²) in [6.45, 7) is 0. The summed E-state index contributed by atoms with van der Waals surface area (Å²) in [5, 5.41) is 0.0959. The molecular formula is C19H18ClN3O2S. The number of ether oxygens (including phenoxy) is 1. The lowest BCUT2D eigenvalue weighted by atomic mass is 9.94. The van der Waals surface area contributed by atoms with Gasteiger partial charge in [0.15, 0.2) is 5.13 Å². The normalized spacial score (nSPS) is 19.5. The van der Waals surface area contributed by atoms with Gasteiger partial charge in [0.1, 0.15) is 11.1 Å². The zero-order valence-corrected chi connectivity index (χ0v) is 16.2. The number of hydrogen-bond acceptors (Lipinski definition) is 5. The highest BCUT2D eigenvalue weighted by molar-refractivity contribution is 7.22. The number of carbonyl (C=O) groups excluding carboxylic acids is 1. The molecule has 0 N–H and O–H groups in total. The minimum absolute atomic E-state index is 0.112. The molecule has 0 saturated carbocycles. The molecule has 0 aliphatic carbocycles. The number of alkyl halides is 1. The first-order valence-electron chi connectivity index (χ1n) is 8.18. The van der Waals surface area contributed by atoms with Crippen LogP contribution in [0.5, 0.6) is 5.75 Å². The monoisotopic (exact) mass is 387 g/mol. The van der Waals surface area contributed by atoms with Gasteiger partial charge in [-0.25, -0.2) is 4.98 Å². The van der Waals surface area contributed by atoms with E-state index >= 15 is 0 Å². The van der Waals surface area contributed by atoms with Crippen LogP contribution in [-0.4, -0.2) is 37.5 Å². The number of methoxy groups -OCH3 is 1. The molecule has 4 rings (SSSR count). The Balaban J connectivity index is 1.69. The van der Waals surface area contributed by atoms with E-state index in [4.69, 9.17) is 16.3 Å². The number of β-lactam (4-membered cyclic amide) rings is 1. The van der Waals surface area contributed by atoms with Gasteiger partial charge in [0.05, 0.1) is 23.4 Å². The van der Waals surface area contributed by atoms with Gasteiger partial charge in [0, 0.05) is 19.8 Å². The Labute approximate surface area is 160 Å². The van der Waals surface area contributed by atoms with Crippen molar-refractivity contribution in [2.24, 2.45) is 0 Å². The zero-order chi connectivity index (χ0) is 18.4. The Morgan fingerprint density at radius 3 is 2.58 bits per heavy atom. The lowest BCUT2D eigenvalue weighted by molar-refractivity contribution is -0.123. The van der Waals surface area contributed by atoms with E-state index in [1.54, 1.807) is 12.0 Å². The van der Waals surface area contributed by atoms with Gasteiger partial charge < -0.3 is 9.64 Å².